The van der Waals surface area contributed by atoms with Crippen LogP contribution < -0.4 is 0 Å². The molecule has 5 heterocycles. The average Bonchev–Trinajstić information content (AvgIpc) is 3.83. The zero-order chi connectivity index (χ0) is 30.0. The first kappa shape index (κ1) is 33.8. The minimum Gasteiger partial charge on any atom is -0.140 e. The third-order valence-electron chi connectivity index (χ3n) is 7.87. The molecule has 0 saturated carbocycles. The van der Waals surface area contributed by atoms with Gasteiger partial charge in [0.15, 0.2) is 0 Å². The van der Waals surface area contributed by atoms with Gasteiger partial charge in [-0.1, -0.05) is 78.1 Å². The van der Waals surface area contributed by atoms with Crippen molar-refractivity contribution in [1.29, 1.82) is 0 Å². The summed E-state index contributed by atoms with van der Waals surface area (Å²) in [5, 5.41) is 0. The van der Waals surface area contributed by atoms with Gasteiger partial charge in [-0.25, -0.2) is 0 Å². The Hall–Kier alpha value is -0.540. The summed E-state index contributed by atoms with van der Waals surface area (Å²) in [4.78, 5) is 11.4. The number of halogens is 2. The zero-order valence-electron chi connectivity index (χ0n) is 25.3. The van der Waals surface area contributed by atoms with Crippen molar-refractivity contribution in [1.82, 2.24) is 0 Å². The molecule has 0 atom stereocenters. The number of unbranched alkanes of at least 4 members (excludes halogenated alkanes) is 10. The molecule has 0 fully saturated rings. The fraction of sp³-hybridized carbons (Fsp3) is 0.444. The molecule has 0 nitrogen and oxygen atoms in total. The van der Waals surface area contributed by atoms with Crippen LogP contribution in [0.3, 0.4) is 0 Å². The molecule has 0 unspecified atom stereocenters. The van der Waals surface area contributed by atoms with Gasteiger partial charge in [-0.15, -0.1) is 56.7 Å². The van der Waals surface area contributed by atoms with Crippen molar-refractivity contribution in [3.8, 4) is 40.4 Å². The fourth-order valence-corrected chi connectivity index (χ4v) is 12.3. The maximum atomic E-state index is 3.75. The molecule has 5 aromatic rings. The first-order valence-electron chi connectivity index (χ1n) is 15.9. The van der Waals surface area contributed by atoms with E-state index >= 15 is 0 Å². The Morgan fingerprint density at radius 3 is 1.21 bits per heavy atom. The molecule has 0 bridgehead atoms. The lowest BCUT2D eigenvalue weighted by Crippen LogP contribution is -1.82. The summed E-state index contributed by atoms with van der Waals surface area (Å²) in [6, 6.07) is 18.6. The molecule has 5 aromatic heterocycles. The molecule has 43 heavy (non-hydrogen) atoms. The van der Waals surface area contributed by atoms with Gasteiger partial charge in [0.1, 0.15) is 0 Å². The van der Waals surface area contributed by atoms with Crippen molar-refractivity contribution in [3.63, 3.8) is 0 Å². The summed E-state index contributed by atoms with van der Waals surface area (Å²) in [6.07, 6.45) is 18.6. The van der Waals surface area contributed by atoms with Crippen LogP contribution in [0.15, 0.2) is 56.1 Å². The van der Waals surface area contributed by atoms with Gasteiger partial charge < -0.3 is 0 Å². The molecule has 0 aliphatic heterocycles. The molecule has 0 aliphatic carbocycles. The predicted molar refractivity (Wildman–Crippen MR) is 207 cm³/mol. The van der Waals surface area contributed by atoms with Crippen LogP contribution in [0.5, 0.6) is 0 Å². The normalized spacial score (nSPS) is 11.6. The molecule has 0 saturated heterocycles. The van der Waals surface area contributed by atoms with Crippen LogP contribution in [0.2, 0.25) is 0 Å². The van der Waals surface area contributed by atoms with Crippen molar-refractivity contribution in [3.05, 3.63) is 65.9 Å². The Morgan fingerprint density at radius 2 is 0.814 bits per heavy atom. The number of thiophene rings is 5. The lowest BCUT2D eigenvalue weighted by molar-refractivity contribution is 0.609. The quantitative estimate of drug-likeness (QED) is 0.0775. The first-order valence-corrected chi connectivity index (χ1v) is 21.6. The molecule has 5 rings (SSSR count). The predicted octanol–water partition coefficient (Wildman–Crippen LogP) is 16.0. The van der Waals surface area contributed by atoms with Gasteiger partial charge in [-0.3, -0.25) is 0 Å². The van der Waals surface area contributed by atoms with E-state index in [4.69, 9.17) is 0 Å². The molecule has 0 amide bonds. The van der Waals surface area contributed by atoms with Crippen LogP contribution >= 0.6 is 88.5 Å². The van der Waals surface area contributed by atoms with Crippen molar-refractivity contribution in [2.75, 3.05) is 0 Å². The van der Waals surface area contributed by atoms with Crippen LogP contribution in [-0.2, 0) is 12.8 Å². The van der Waals surface area contributed by atoms with Crippen LogP contribution in [0, 0.1) is 0 Å². The number of rotatable bonds is 18. The Balaban J connectivity index is 1.49. The molecule has 0 radical (unpaired) electrons. The Kier molecular flexibility index (Phi) is 13.7. The van der Waals surface area contributed by atoms with E-state index in [1.807, 2.05) is 56.7 Å². The van der Waals surface area contributed by atoms with Gasteiger partial charge >= 0.3 is 0 Å². The largest absolute Gasteiger partial charge is 0.140 e. The maximum absolute atomic E-state index is 3.75. The lowest BCUT2D eigenvalue weighted by Gasteiger charge is -2.06. The Labute approximate surface area is 295 Å². The second-order valence-corrected chi connectivity index (χ2v) is 19.6. The summed E-state index contributed by atoms with van der Waals surface area (Å²) in [5.41, 5.74) is 2.87. The summed E-state index contributed by atoms with van der Waals surface area (Å²) in [7, 11) is 0. The van der Waals surface area contributed by atoms with Gasteiger partial charge in [-0.2, -0.15) is 0 Å². The van der Waals surface area contributed by atoms with Gasteiger partial charge in [0.25, 0.3) is 0 Å². The second kappa shape index (κ2) is 17.4. The zero-order valence-corrected chi connectivity index (χ0v) is 32.6. The summed E-state index contributed by atoms with van der Waals surface area (Å²) in [6.45, 7) is 4.59. The molecular weight excluding hydrogens is 753 g/mol. The monoisotopic (exact) mass is 792 g/mol. The van der Waals surface area contributed by atoms with E-state index in [0.29, 0.717) is 0 Å². The smallest absolute Gasteiger partial charge is 0.0705 e. The second-order valence-electron chi connectivity index (χ2n) is 11.3. The van der Waals surface area contributed by atoms with Crippen molar-refractivity contribution in [2.45, 2.75) is 104 Å². The van der Waals surface area contributed by atoms with E-state index in [1.165, 1.54) is 148 Å². The van der Waals surface area contributed by atoms with E-state index in [1.54, 1.807) is 0 Å². The molecule has 0 N–H and O–H groups in total. The first-order chi connectivity index (χ1) is 21.1. The number of aryl methyl sites for hydroxylation is 2. The Morgan fingerprint density at radius 1 is 0.419 bits per heavy atom. The minimum absolute atomic E-state index is 1.19. The van der Waals surface area contributed by atoms with Crippen molar-refractivity contribution in [2.24, 2.45) is 0 Å². The average molecular weight is 795 g/mol. The highest BCUT2D eigenvalue weighted by Crippen LogP contribution is 2.56. The maximum Gasteiger partial charge on any atom is 0.0705 e. The van der Waals surface area contributed by atoms with Crippen LogP contribution in [0.4, 0.5) is 0 Å². The lowest BCUT2D eigenvalue weighted by atomic mass is 10.0. The topological polar surface area (TPSA) is 0 Å². The summed E-state index contributed by atoms with van der Waals surface area (Å²) in [5.74, 6) is 0. The number of hydrogen-bond donors (Lipinski definition) is 0. The van der Waals surface area contributed by atoms with Gasteiger partial charge in [0, 0.05) is 40.4 Å². The van der Waals surface area contributed by atoms with Gasteiger partial charge in [-0.05, 0) is 106 Å². The number of hydrogen-bond acceptors (Lipinski definition) is 5. The molecule has 230 valence electrons. The van der Waals surface area contributed by atoms with E-state index in [0.717, 1.165) is 0 Å². The van der Waals surface area contributed by atoms with Crippen LogP contribution in [0.25, 0.3) is 40.4 Å². The third kappa shape index (κ3) is 9.27. The fourth-order valence-electron chi connectivity index (χ4n) is 5.57. The molecule has 0 spiro atoms. The third-order valence-corrected chi connectivity index (χ3v) is 15.0. The SMILES string of the molecule is CCCCCCCCc1ccc(-c2c(-c3ccc(Br)s3)sc(-c3ccc(Br)s3)c2-c2ccc(CCCCCCCC)s2)s1. The van der Waals surface area contributed by atoms with Crippen LogP contribution in [-0.4, -0.2) is 0 Å². The van der Waals surface area contributed by atoms with Gasteiger partial charge in [0.05, 0.1) is 17.3 Å². The highest BCUT2D eigenvalue weighted by Gasteiger charge is 2.26. The highest BCUT2D eigenvalue weighted by molar-refractivity contribution is 9.11. The Bertz CT molecular complexity index is 1430. The van der Waals surface area contributed by atoms with Crippen molar-refractivity contribution < 1.29 is 0 Å². The summed E-state index contributed by atoms with van der Waals surface area (Å²) < 4.78 is 2.38. The van der Waals surface area contributed by atoms with E-state index in [-0.39, 0.29) is 0 Å². The molecule has 0 aliphatic rings. The summed E-state index contributed by atoms with van der Waals surface area (Å²) >= 11 is 17.2. The minimum atomic E-state index is 1.19. The van der Waals surface area contributed by atoms with Crippen molar-refractivity contribution >= 4 is 88.5 Å². The van der Waals surface area contributed by atoms with E-state index in [2.05, 4.69) is 94.2 Å². The van der Waals surface area contributed by atoms with Gasteiger partial charge in [0.2, 0.25) is 0 Å². The van der Waals surface area contributed by atoms with Crippen LogP contribution in [0.1, 0.15) is 101 Å². The standard InChI is InChI=1S/C36H42Br2S5/c1-3-5-7-9-11-13-15-25-17-19-27(39-25)33-34(28-20-18-26(40-28)16-14-12-10-8-6-4-2)36(30-22-24-32(38)42-30)43-35(33)29-21-23-31(37)41-29/h17-24H,3-16H2,1-2H3. The molecule has 0 aromatic carbocycles. The van der Waals surface area contributed by atoms with E-state index < -0.39 is 0 Å². The van der Waals surface area contributed by atoms with E-state index in [9.17, 15) is 0 Å². The molecule has 7 heteroatoms. The molecular formula is C36H42Br2S5. The highest BCUT2D eigenvalue weighted by atomic mass is 79.9.